The lowest BCUT2D eigenvalue weighted by molar-refractivity contribution is 0.398. The molecule has 0 aromatic heterocycles. The standard InChI is InChI=1S/C15H16INO4S/c1-20-13-5-8-15(21-2)11(9-13)10-17-22(18,19)14-6-3-12(16)4-7-14/h3-9,17H,10H2,1-2H3. The Balaban J connectivity index is 2.20. The van der Waals surface area contributed by atoms with E-state index in [1.807, 2.05) is 0 Å². The van der Waals surface area contributed by atoms with Gasteiger partial charge in [0.1, 0.15) is 11.5 Å². The van der Waals surface area contributed by atoms with Crippen molar-refractivity contribution in [2.24, 2.45) is 0 Å². The van der Waals surface area contributed by atoms with E-state index in [4.69, 9.17) is 9.47 Å². The van der Waals surface area contributed by atoms with Gasteiger partial charge in [-0.1, -0.05) is 0 Å². The second kappa shape index (κ2) is 7.30. The smallest absolute Gasteiger partial charge is 0.240 e. The first-order chi connectivity index (χ1) is 10.5. The van der Waals surface area contributed by atoms with Crippen LogP contribution >= 0.6 is 22.6 Å². The molecule has 7 heteroatoms. The summed E-state index contributed by atoms with van der Waals surface area (Å²) < 4.78 is 38.5. The first kappa shape index (κ1) is 17.0. The number of ether oxygens (including phenoxy) is 2. The zero-order valence-electron chi connectivity index (χ0n) is 12.2. The van der Waals surface area contributed by atoms with Crippen molar-refractivity contribution >= 4 is 32.6 Å². The normalized spacial score (nSPS) is 11.2. The molecule has 2 rings (SSSR count). The lowest BCUT2D eigenvalue weighted by Gasteiger charge is -2.12. The molecule has 0 aliphatic heterocycles. The maximum absolute atomic E-state index is 12.3. The van der Waals surface area contributed by atoms with Gasteiger partial charge in [0, 0.05) is 15.7 Å². The minimum Gasteiger partial charge on any atom is -0.497 e. The molecule has 1 N–H and O–H groups in total. The van der Waals surface area contributed by atoms with E-state index >= 15 is 0 Å². The summed E-state index contributed by atoms with van der Waals surface area (Å²) in [6, 6.07) is 11.9. The second-order valence-corrected chi connectivity index (χ2v) is 7.47. The minimum absolute atomic E-state index is 0.120. The first-order valence-corrected chi connectivity index (χ1v) is 8.98. The van der Waals surface area contributed by atoms with Crippen LogP contribution in [0.1, 0.15) is 5.56 Å². The summed E-state index contributed by atoms with van der Waals surface area (Å²) in [6.07, 6.45) is 0. The molecule has 5 nitrogen and oxygen atoms in total. The number of rotatable bonds is 6. The molecule has 2 aromatic carbocycles. The quantitative estimate of drug-likeness (QED) is 0.712. The zero-order chi connectivity index (χ0) is 16.2. The summed E-state index contributed by atoms with van der Waals surface area (Å²) in [5.41, 5.74) is 0.705. The van der Waals surface area contributed by atoms with Crippen LogP contribution in [0.2, 0.25) is 0 Å². The highest BCUT2D eigenvalue weighted by atomic mass is 127. The number of hydrogen-bond donors (Lipinski definition) is 1. The third-order valence-electron chi connectivity index (χ3n) is 3.06. The molecule has 0 saturated heterocycles. The molecular weight excluding hydrogens is 417 g/mol. The Kier molecular flexibility index (Phi) is 5.65. The van der Waals surface area contributed by atoms with Crippen LogP contribution in [0.3, 0.4) is 0 Å². The van der Waals surface area contributed by atoms with Crippen molar-refractivity contribution in [3.05, 3.63) is 51.6 Å². The molecule has 0 spiro atoms. The van der Waals surface area contributed by atoms with E-state index in [1.54, 1.807) is 56.7 Å². The zero-order valence-corrected chi connectivity index (χ0v) is 15.1. The Hall–Kier alpha value is -1.32. The molecule has 2 aromatic rings. The molecule has 0 saturated carbocycles. The summed E-state index contributed by atoms with van der Waals surface area (Å²) in [6.45, 7) is 0.120. The van der Waals surface area contributed by atoms with Gasteiger partial charge in [0.25, 0.3) is 0 Å². The van der Waals surface area contributed by atoms with Crippen molar-refractivity contribution in [3.63, 3.8) is 0 Å². The lowest BCUT2D eigenvalue weighted by atomic mass is 10.2. The molecule has 0 radical (unpaired) electrons. The highest BCUT2D eigenvalue weighted by Crippen LogP contribution is 2.24. The van der Waals surface area contributed by atoms with Crippen LogP contribution in [-0.2, 0) is 16.6 Å². The number of methoxy groups -OCH3 is 2. The summed E-state index contributed by atoms with van der Waals surface area (Å²) in [7, 11) is -0.472. The second-order valence-electron chi connectivity index (χ2n) is 4.46. The van der Waals surface area contributed by atoms with Gasteiger partial charge in [-0.2, -0.15) is 0 Å². The molecule has 0 fully saturated rings. The molecular formula is C15H16INO4S. The van der Waals surface area contributed by atoms with E-state index in [9.17, 15) is 8.42 Å². The van der Waals surface area contributed by atoms with Gasteiger partial charge in [-0.05, 0) is 65.1 Å². The van der Waals surface area contributed by atoms with Gasteiger partial charge in [-0.3, -0.25) is 0 Å². The SMILES string of the molecule is COc1ccc(OC)c(CNS(=O)(=O)c2ccc(I)cc2)c1. The Morgan fingerprint density at radius 1 is 1.05 bits per heavy atom. The number of halogens is 1. The van der Waals surface area contributed by atoms with E-state index in [2.05, 4.69) is 27.3 Å². The van der Waals surface area contributed by atoms with Gasteiger partial charge in [0.2, 0.25) is 10.0 Å². The van der Waals surface area contributed by atoms with Crippen LogP contribution < -0.4 is 14.2 Å². The lowest BCUT2D eigenvalue weighted by Crippen LogP contribution is -2.23. The van der Waals surface area contributed by atoms with Gasteiger partial charge in [0.05, 0.1) is 19.1 Å². The Labute approximate surface area is 143 Å². The Bertz CT molecular complexity index is 745. The first-order valence-electron chi connectivity index (χ1n) is 6.42. The average molecular weight is 433 g/mol. The van der Waals surface area contributed by atoms with Crippen LogP contribution in [-0.4, -0.2) is 22.6 Å². The van der Waals surface area contributed by atoms with Gasteiger partial charge >= 0.3 is 0 Å². The minimum atomic E-state index is -3.57. The van der Waals surface area contributed by atoms with Crippen molar-refractivity contribution in [1.82, 2.24) is 4.72 Å². The van der Waals surface area contributed by atoms with Crippen LogP contribution in [0.4, 0.5) is 0 Å². The van der Waals surface area contributed by atoms with Gasteiger partial charge in [0.15, 0.2) is 0 Å². The number of hydrogen-bond acceptors (Lipinski definition) is 4. The predicted molar refractivity (Wildman–Crippen MR) is 92.7 cm³/mol. The highest BCUT2D eigenvalue weighted by Gasteiger charge is 2.15. The third kappa shape index (κ3) is 4.11. The van der Waals surface area contributed by atoms with Crippen molar-refractivity contribution in [2.45, 2.75) is 11.4 Å². The monoisotopic (exact) mass is 433 g/mol. The van der Waals surface area contributed by atoms with E-state index in [0.29, 0.717) is 17.1 Å². The Morgan fingerprint density at radius 2 is 1.73 bits per heavy atom. The van der Waals surface area contributed by atoms with Crippen LogP contribution in [0.25, 0.3) is 0 Å². The van der Waals surface area contributed by atoms with E-state index in [1.165, 1.54) is 0 Å². The number of benzene rings is 2. The molecule has 22 heavy (non-hydrogen) atoms. The number of nitrogens with one attached hydrogen (secondary N) is 1. The van der Waals surface area contributed by atoms with Gasteiger partial charge in [-0.25, -0.2) is 13.1 Å². The molecule has 0 unspecified atom stereocenters. The average Bonchev–Trinajstić information content (AvgIpc) is 2.53. The van der Waals surface area contributed by atoms with Crippen LogP contribution in [0.5, 0.6) is 11.5 Å². The third-order valence-corrected chi connectivity index (χ3v) is 5.20. The van der Waals surface area contributed by atoms with Gasteiger partial charge < -0.3 is 9.47 Å². The predicted octanol–water partition coefficient (Wildman–Crippen LogP) is 2.79. The highest BCUT2D eigenvalue weighted by molar-refractivity contribution is 14.1. The summed E-state index contributed by atoms with van der Waals surface area (Å²) in [4.78, 5) is 0.231. The van der Waals surface area contributed by atoms with Crippen molar-refractivity contribution in [3.8, 4) is 11.5 Å². The summed E-state index contributed by atoms with van der Waals surface area (Å²) >= 11 is 2.13. The van der Waals surface area contributed by atoms with Crippen molar-refractivity contribution in [1.29, 1.82) is 0 Å². The number of sulfonamides is 1. The summed E-state index contributed by atoms with van der Waals surface area (Å²) in [5, 5.41) is 0. The fourth-order valence-corrected chi connectivity index (χ4v) is 3.26. The van der Waals surface area contributed by atoms with Crippen molar-refractivity contribution in [2.75, 3.05) is 14.2 Å². The molecule has 0 heterocycles. The van der Waals surface area contributed by atoms with Crippen molar-refractivity contribution < 1.29 is 17.9 Å². The molecule has 0 aliphatic carbocycles. The molecule has 0 bridgehead atoms. The molecule has 118 valence electrons. The fourth-order valence-electron chi connectivity index (χ4n) is 1.89. The fraction of sp³-hybridized carbons (Fsp3) is 0.200. The largest absolute Gasteiger partial charge is 0.497 e. The molecule has 0 aliphatic rings. The topological polar surface area (TPSA) is 64.6 Å². The maximum Gasteiger partial charge on any atom is 0.240 e. The summed E-state index contributed by atoms with van der Waals surface area (Å²) in [5.74, 6) is 1.25. The van der Waals surface area contributed by atoms with Gasteiger partial charge in [-0.15, -0.1) is 0 Å². The van der Waals surface area contributed by atoms with E-state index in [-0.39, 0.29) is 11.4 Å². The van der Waals surface area contributed by atoms with Crippen LogP contribution in [0, 0.1) is 3.57 Å². The van der Waals surface area contributed by atoms with E-state index in [0.717, 1.165) is 3.57 Å². The maximum atomic E-state index is 12.3. The Morgan fingerprint density at radius 3 is 2.32 bits per heavy atom. The van der Waals surface area contributed by atoms with E-state index < -0.39 is 10.0 Å². The molecule has 0 atom stereocenters. The van der Waals surface area contributed by atoms with Crippen LogP contribution in [0.15, 0.2) is 47.4 Å². The molecule has 0 amide bonds.